The first-order chi connectivity index (χ1) is 15.8. The van der Waals surface area contributed by atoms with Gasteiger partial charge in [0.05, 0.1) is 0 Å². The Balaban J connectivity index is 1.22. The van der Waals surface area contributed by atoms with Gasteiger partial charge in [0.25, 0.3) is 10.0 Å². The molecular weight excluding hydrogens is 434 g/mol. The van der Waals surface area contributed by atoms with Gasteiger partial charge in [-0.15, -0.1) is 0 Å². The number of nitrogens with zero attached hydrogens (tertiary/aromatic N) is 2. The number of hydrogen-bond acceptors (Lipinski definition) is 5. The zero-order valence-electron chi connectivity index (χ0n) is 19.4. The summed E-state index contributed by atoms with van der Waals surface area (Å²) in [7, 11) is -3.75. The van der Waals surface area contributed by atoms with Crippen molar-refractivity contribution in [3.8, 4) is 0 Å². The largest absolute Gasteiger partial charge is 0.360 e. The minimum Gasteiger partial charge on any atom is -0.360 e. The summed E-state index contributed by atoms with van der Waals surface area (Å²) in [6.07, 6.45) is 2.30. The van der Waals surface area contributed by atoms with Gasteiger partial charge in [-0.1, -0.05) is 54.5 Å². The number of sulfonamides is 1. The highest BCUT2D eigenvalue weighted by molar-refractivity contribution is 7.92. The van der Waals surface area contributed by atoms with Gasteiger partial charge in [-0.2, -0.15) is 0 Å². The van der Waals surface area contributed by atoms with E-state index in [1.807, 2.05) is 12.1 Å². The number of anilines is 1. The van der Waals surface area contributed by atoms with E-state index in [9.17, 15) is 8.42 Å². The van der Waals surface area contributed by atoms with Crippen LogP contribution in [0.3, 0.4) is 0 Å². The molecule has 33 heavy (non-hydrogen) atoms. The van der Waals surface area contributed by atoms with Crippen molar-refractivity contribution in [1.29, 1.82) is 0 Å². The van der Waals surface area contributed by atoms with Crippen LogP contribution < -0.4 is 4.72 Å². The summed E-state index contributed by atoms with van der Waals surface area (Å²) in [4.78, 5) is 2.71. The fraction of sp³-hybridized carbons (Fsp3) is 0.423. The van der Waals surface area contributed by atoms with Gasteiger partial charge in [-0.05, 0) is 68.3 Å². The molecule has 1 saturated carbocycles. The predicted molar refractivity (Wildman–Crippen MR) is 129 cm³/mol. The summed E-state index contributed by atoms with van der Waals surface area (Å²) in [5.41, 5.74) is 3.68. The maximum atomic E-state index is 12.9. The number of nitrogens with one attached hydrogen (secondary N) is 1. The molecule has 0 amide bonds. The molecule has 6 nitrogen and oxygen atoms in total. The van der Waals surface area contributed by atoms with Gasteiger partial charge in [-0.3, -0.25) is 4.72 Å². The molecule has 0 bridgehead atoms. The highest BCUT2D eigenvalue weighted by Crippen LogP contribution is 2.63. The van der Waals surface area contributed by atoms with Crippen LogP contribution in [-0.2, 0) is 21.9 Å². The Bertz CT molecular complexity index is 1220. The second-order valence-electron chi connectivity index (χ2n) is 9.68. The van der Waals surface area contributed by atoms with Crippen molar-refractivity contribution >= 4 is 15.7 Å². The third-order valence-corrected chi connectivity index (χ3v) is 9.21. The van der Waals surface area contributed by atoms with Crippen LogP contribution in [0.2, 0.25) is 0 Å². The van der Waals surface area contributed by atoms with Crippen LogP contribution in [-0.4, -0.2) is 38.1 Å². The number of hydrogen-bond donors (Lipinski definition) is 1. The molecule has 2 fully saturated rings. The first kappa shape index (κ1) is 22.2. The highest BCUT2D eigenvalue weighted by Gasteiger charge is 2.65. The van der Waals surface area contributed by atoms with Gasteiger partial charge in [0.1, 0.15) is 5.69 Å². The summed E-state index contributed by atoms with van der Waals surface area (Å²) >= 11 is 0. The van der Waals surface area contributed by atoms with Crippen molar-refractivity contribution in [3.63, 3.8) is 0 Å². The van der Waals surface area contributed by atoms with E-state index in [2.05, 4.69) is 58.1 Å². The van der Waals surface area contributed by atoms with Crippen molar-refractivity contribution in [2.75, 3.05) is 24.4 Å². The average Bonchev–Trinajstić information content (AvgIpc) is 3.10. The maximum absolute atomic E-state index is 12.9. The van der Waals surface area contributed by atoms with E-state index in [4.69, 9.17) is 4.52 Å². The Morgan fingerprint density at radius 1 is 1.09 bits per heavy atom. The maximum Gasteiger partial charge on any atom is 0.267 e. The van der Waals surface area contributed by atoms with Crippen molar-refractivity contribution in [2.24, 2.45) is 11.8 Å². The topological polar surface area (TPSA) is 75.4 Å². The van der Waals surface area contributed by atoms with Crippen molar-refractivity contribution in [3.05, 3.63) is 77.2 Å². The summed E-state index contributed by atoms with van der Waals surface area (Å²) in [6, 6.07) is 18.5. The van der Waals surface area contributed by atoms with Crippen LogP contribution in [0.25, 0.3) is 0 Å². The number of fused-ring (bicyclic) bond motifs is 1. The van der Waals surface area contributed by atoms with Crippen LogP contribution >= 0.6 is 0 Å². The minimum absolute atomic E-state index is 0.112. The van der Waals surface area contributed by atoms with Crippen molar-refractivity contribution < 1.29 is 12.9 Å². The SMILES string of the molecule is Cc1noc(C)c1S(=O)(=O)Nc1cccc(C2(C)C3CN(CCCc4ccccc4)CC32)c1. The molecule has 7 heteroatoms. The van der Waals surface area contributed by atoms with Crippen LogP contribution in [0.1, 0.15) is 35.9 Å². The summed E-state index contributed by atoms with van der Waals surface area (Å²) in [6.45, 7) is 8.94. The van der Waals surface area contributed by atoms with E-state index >= 15 is 0 Å². The second kappa shape index (κ2) is 8.29. The minimum atomic E-state index is -3.75. The molecular formula is C26H31N3O3S. The van der Waals surface area contributed by atoms with E-state index in [0.29, 0.717) is 29.0 Å². The Labute approximate surface area is 196 Å². The number of likely N-dealkylation sites (tertiary alicyclic amines) is 1. The van der Waals surface area contributed by atoms with E-state index in [1.54, 1.807) is 19.9 Å². The normalized spacial score (nSPS) is 24.6. The van der Waals surface area contributed by atoms with E-state index in [1.165, 1.54) is 17.5 Å². The molecule has 2 aromatic carbocycles. The third-order valence-electron chi connectivity index (χ3n) is 7.58. The fourth-order valence-electron chi connectivity index (χ4n) is 5.71. The van der Waals surface area contributed by atoms with Crippen LogP contribution in [0.5, 0.6) is 0 Å². The second-order valence-corrected chi connectivity index (χ2v) is 11.3. The predicted octanol–water partition coefficient (Wildman–Crippen LogP) is 4.54. The zero-order chi connectivity index (χ0) is 23.2. The van der Waals surface area contributed by atoms with Crippen LogP contribution in [0.4, 0.5) is 5.69 Å². The highest BCUT2D eigenvalue weighted by atomic mass is 32.2. The first-order valence-electron chi connectivity index (χ1n) is 11.6. The van der Waals surface area contributed by atoms with Gasteiger partial charge in [-0.25, -0.2) is 8.42 Å². The Morgan fingerprint density at radius 3 is 2.48 bits per heavy atom. The van der Waals surface area contributed by atoms with Gasteiger partial charge >= 0.3 is 0 Å². The van der Waals surface area contributed by atoms with Gasteiger partial charge in [0.15, 0.2) is 10.7 Å². The molecule has 1 aliphatic carbocycles. The molecule has 0 spiro atoms. The average molecular weight is 466 g/mol. The lowest BCUT2D eigenvalue weighted by Crippen LogP contribution is -2.30. The molecule has 5 rings (SSSR count). The Morgan fingerprint density at radius 2 is 1.82 bits per heavy atom. The molecule has 2 heterocycles. The van der Waals surface area contributed by atoms with Gasteiger partial charge < -0.3 is 9.42 Å². The number of rotatable bonds is 8. The van der Waals surface area contributed by atoms with Gasteiger partial charge in [0, 0.05) is 24.2 Å². The molecule has 2 aliphatic rings. The molecule has 1 saturated heterocycles. The molecule has 1 aliphatic heterocycles. The lowest BCUT2D eigenvalue weighted by Gasteiger charge is -2.25. The standard InChI is InChI=1S/C26H31N3O3S/c1-18-25(19(2)32-27-18)33(30,31)28-22-13-7-12-21(15-22)26(3)23-16-29(17-24(23)26)14-8-11-20-9-5-4-6-10-20/h4-7,9-10,12-13,15,23-24,28H,8,11,14,16-17H2,1-3H3. The number of benzene rings is 2. The van der Waals surface area contributed by atoms with Gasteiger partial charge in [0.2, 0.25) is 0 Å². The lowest BCUT2D eigenvalue weighted by atomic mass is 9.92. The third kappa shape index (κ3) is 4.08. The summed E-state index contributed by atoms with van der Waals surface area (Å²) in [5, 5.41) is 3.78. The number of piperidine rings is 1. The zero-order valence-corrected chi connectivity index (χ0v) is 20.2. The van der Waals surface area contributed by atoms with E-state index < -0.39 is 10.0 Å². The Kier molecular flexibility index (Phi) is 5.57. The summed E-state index contributed by atoms with van der Waals surface area (Å²) in [5.74, 6) is 1.56. The quantitative estimate of drug-likeness (QED) is 0.528. The smallest absolute Gasteiger partial charge is 0.267 e. The van der Waals surface area contributed by atoms with Crippen molar-refractivity contribution in [2.45, 2.75) is 43.9 Å². The number of aromatic nitrogens is 1. The van der Waals surface area contributed by atoms with Crippen molar-refractivity contribution in [1.82, 2.24) is 10.1 Å². The summed E-state index contributed by atoms with van der Waals surface area (Å²) < 4.78 is 33.6. The molecule has 2 atom stereocenters. The molecule has 1 N–H and O–H groups in total. The van der Waals surface area contributed by atoms with E-state index in [-0.39, 0.29) is 10.3 Å². The number of aryl methyl sites for hydroxylation is 3. The monoisotopic (exact) mass is 465 g/mol. The molecule has 0 radical (unpaired) electrons. The molecule has 174 valence electrons. The molecule has 3 aromatic rings. The fourth-order valence-corrected chi connectivity index (χ4v) is 7.09. The Hall–Kier alpha value is -2.64. The molecule has 1 aromatic heterocycles. The molecule has 2 unspecified atom stereocenters. The first-order valence-corrected chi connectivity index (χ1v) is 13.1. The van der Waals surface area contributed by atoms with Crippen LogP contribution in [0.15, 0.2) is 64.0 Å². The van der Waals surface area contributed by atoms with E-state index in [0.717, 1.165) is 26.1 Å². The lowest BCUT2D eigenvalue weighted by molar-refractivity contribution is 0.274. The van der Waals surface area contributed by atoms with Crippen LogP contribution in [0, 0.1) is 25.7 Å².